The lowest BCUT2D eigenvalue weighted by atomic mass is 10.0. The Labute approximate surface area is 152 Å². The van der Waals surface area contributed by atoms with E-state index in [0.29, 0.717) is 12.2 Å². The number of rotatable bonds is 3. The number of carbonyl (C=O) groups excluding carboxylic acids is 3. The van der Waals surface area contributed by atoms with Crippen LogP contribution in [0.25, 0.3) is 0 Å². The summed E-state index contributed by atoms with van der Waals surface area (Å²) in [4.78, 5) is 37.6. The van der Waals surface area contributed by atoms with Gasteiger partial charge in [-0.3, -0.25) is 14.4 Å². The highest BCUT2D eigenvalue weighted by molar-refractivity contribution is 6.39. The summed E-state index contributed by atoms with van der Waals surface area (Å²) < 4.78 is 0. The predicted octanol–water partition coefficient (Wildman–Crippen LogP) is 2.24. The summed E-state index contributed by atoms with van der Waals surface area (Å²) in [6, 6.07) is 14.8. The summed E-state index contributed by atoms with van der Waals surface area (Å²) in [5.41, 5.74) is 3.28. The molecule has 134 valence electrons. The average Bonchev–Trinajstić information content (AvgIpc) is 2.66. The molecular formula is C20H21N3O3. The summed E-state index contributed by atoms with van der Waals surface area (Å²) in [5, 5.41) is 5.19. The molecule has 26 heavy (non-hydrogen) atoms. The Hall–Kier alpha value is -3.15. The molecule has 0 radical (unpaired) electrons. The lowest BCUT2D eigenvalue weighted by molar-refractivity contribution is -0.136. The van der Waals surface area contributed by atoms with E-state index < -0.39 is 11.8 Å². The van der Waals surface area contributed by atoms with E-state index in [4.69, 9.17) is 0 Å². The van der Waals surface area contributed by atoms with Crippen LogP contribution >= 0.6 is 0 Å². The van der Waals surface area contributed by atoms with Crippen LogP contribution in [-0.2, 0) is 27.3 Å². The maximum Gasteiger partial charge on any atom is 0.313 e. The summed E-state index contributed by atoms with van der Waals surface area (Å²) in [7, 11) is 0. The summed E-state index contributed by atoms with van der Waals surface area (Å²) in [5.74, 6) is -1.46. The third-order valence-electron chi connectivity index (χ3n) is 4.34. The molecule has 0 fully saturated rings. The third-order valence-corrected chi connectivity index (χ3v) is 4.34. The van der Waals surface area contributed by atoms with Gasteiger partial charge in [0.1, 0.15) is 0 Å². The Balaban J connectivity index is 1.65. The van der Waals surface area contributed by atoms with Crippen molar-refractivity contribution in [2.45, 2.75) is 26.3 Å². The number of nitrogens with zero attached hydrogens (tertiary/aromatic N) is 1. The second-order valence-corrected chi connectivity index (χ2v) is 6.24. The Bertz CT molecular complexity index is 833. The van der Waals surface area contributed by atoms with E-state index in [2.05, 4.69) is 10.6 Å². The molecular weight excluding hydrogens is 330 g/mol. The van der Waals surface area contributed by atoms with Crippen molar-refractivity contribution in [2.24, 2.45) is 0 Å². The number of benzene rings is 2. The number of amides is 3. The molecule has 2 aromatic carbocycles. The van der Waals surface area contributed by atoms with E-state index in [-0.39, 0.29) is 12.5 Å². The standard InChI is InChI=1S/C20H21N3O3/c1-14(24)23-11-5-8-16-9-10-17(12-18(16)23)22-20(26)19(25)21-13-15-6-3-2-4-7-15/h2-4,6-7,9-10,12H,5,8,11,13H2,1H3,(H,21,25)(H,22,26). The van der Waals surface area contributed by atoms with Gasteiger partial charge in [0.2, 0.25) is 5.91 Å². The highest BCUT2D eigenvalue weighted by Gasteiger charge is 2.21. The number of fused-ring (bicyclic) bond motifs is 1. The van der Waals surface area contributed by atoms with Crippen LogP contribution in [0.4, 0.5) is 11.4 Å². The third kappa shape index (κ3) is 4.08. The molecule has 1 aliphatic heterocycles. The first-order valence-corrected chi connectivity index (χ1v) is 8.59. The van der Waals surface area contributed by atoms with Crippen LogP contribution < -0.4 is 15.5 Å². The first-order valence-electron chi connectivity index (χ1n) is 8.59. The molecule has 0 saturated heterocycles. The van der Waals surface area contributed by atoms with Crippen molar-refractivity contribution in [3.8, 4) is 0 Å². The monoisotopic (exact) mass is 351 g/mol. The van der Waals surface area contributed by atoms with E-state index in [9.17, 15) is 14.4 Å². The number of nitrogens with one attached hydrogen (secondary N) is 2. The molecule has 3 rings (SSSR count). The Morgan fingerprint density at radius 1 is 1.04 bits per heavy atom. The minimum absolute atomic E-state index is 0.0324. The molecule has 1 aliphatic rings. The van der Waals surface area contributed by atoms with Gasteiger partial charge in [-0.05, 0) is 36.1 Å². The van der Waals surface area contributed by atoms with E-state index in [1.807, 2.05) is 36.4 Å². The minimum atomic E-state index is -0.730. The van der Waals surface area contributed by atoms with Gasteiger partial charge < -0.3 is 15.5 Å². The highest BCUT2D eigenvalue weighted by Crippen LogP contribution is 2.30. The molecule has 0 aliphatic carbocycles. The van der Waals surface area contributed by atoms with E-state index in [1.54, 1.807) is 17.0 Å². The molecule has 0 aromatic heterocycles. The van der Waals surface area contributed by atoms with E-state index in [0.717, 1.165) is 29.7 Å². The Morgan fingerprint density at radius 2 is 1.81 bits per heavy atom. The molecule has 6 heteroatoms. The van der Waals surface area contributed by atoms with Gasteiger partial charge in [0.15, 0.2) is 0 Å². The van der Waals surface area contributed by atoms with Crippen LogP contribution in [-0.4, -0.2) is 24.3 Å². The van der Waals surface area contributed by atoms with Gasteiger partial charge in [-0.25, -0.2) is 0 Å². The molecule has 6 nitrogen and oxygen atoms in total. The van der Waals surface area contributed by atoms with E-state index in [1.165, 1.54) is 6.92 Å². The molecule has 0 bridgehead atoms. The number of hydrogen-bond donors (Lipinski definition) is 2. The van der Waals surface area contributed by atoms with Crippen LogP contribution in [0.3, 0.4) is 0 Å². The molecule has 0 saturated carbocycles. The summed E-state index contributed by atoms with van der Waals surface area (Å²) in [6.07, 6.45) is 1.81. The quantitative estimate of drug-likeness (QED) is 0.833. The number of aryl methyl sites for hydroxylation is 1. The van der Waals surface area contributed by atoms with Crippen molar-refractivity contribution in [2.75, 3.05) is 16.8 Å². The van der Waals surface area contributed by atoms with Crippen LogP contribution in [0.15, 0.2) is 48.5 Å². The number of hydrogen-bond acceptors (Lipinski definition) is 3. The van der Waals surface area contributed by atoms with Crippen LogP contribution in [0.1, 0.15) is 24.5 Å². The van der Waals surface area contributed by atoms with Crippen molar-refractivity contribution >= 4 is 29.1 Å². The fraction of sp³-hybridized carbons (Fsp3) is 0.250. The average molecular weight is 351 g/mol. The highest BCUT2D eigenvalue weighted by atomic mass is 16.2. The molecule has 2 aromatic rings. The smallest absolute Gasteiger partial charge is 0.313 e. The molecule has 1 heterocycles. The van der Waals surface area contributed by atoms with Crippen molar-refractivity contribution < 1.29 is 14.4 Å². The molecule has 0 unspecified atom stereocenters. The maximum atomic E-state index is 12.1. The molecule has 0 atom stereocenters. The maximum absolute atomic E-state index is 12.1. The normalized spacial score (nSPS) is 12.9. The number of anilines is 2. The molecule has 3 amide bonds. The van der Waals surface area contributed by atoms with Crippen LogP contribution in [0.5, 0.6) is 0 Å². The second kappa shape index (κ2) is 7.82. The van der Waals surface area contributed by atoms with Gasteiger partial charge in [0.25, 0.3) is 0 Å². The largest absolute Gasteiger partial charge is 0.344 e. The Kier molecular flexibility index (Phi) is 5.31. The molecule has 0 spiro atoms. The first-order chi connectivity index (χ1) is 12.5. The first kappa shape index (κ1) is 17.7. The van der Waals surface area contributed by atoms with Gasteiger partial charge in [0, 0.05) is 31.4 Å². The second-order valence-electron chi connectivity index (χ2n) is 6.24. The zero-order valence-electron chi connectivity index (χ0n) is 14.6. The van der Waals surface area contributed by atoms with Crippen molar-refractivity contribution in [3.63, 3.8) is 0 Å². The lowest BCUT2D eigenvalue weighted by Crippen LogP contribution is -2.35. The summed E-state index contributed by atoms with van der Waals surface area (Å²) >= 11 is 0. The predicted molar refractivity (Wildman–Crippen MR) is 99.7 cm³/mol. The fourth-order valence-electron chi connectivity index (χ4n) is 3.03. The van der Waals surface area contributed by atoms with Gasteiger partial charge >= 0.3 is 11.8 Å². The van der Waals surface area contributed by atoms with Gasteiger partial charge in [-0.1, -0.05) is 36.4 Å². The van der Waals surface area contributed by atoms with Gasteiger partial charge in [-0.2, -0.15) is 0 Å². The Morgan fingerprint density at radius 3 is 2.54 bits per heavy atom. The van der Waals surface area contributed by atoms with Crippen LogP contribution in [0, 0.1) is 0 Å². The van der Waals surface area contributed by atoms with Gasteiger partial charge in [0.05, 0.1) is 0 Å². The summed E-state index contributed by atoms with van der Waals surface area (Å²) in [6.45, 7) is 2.48. The van der Waals surface area contributed by atoms with Gasteiger partial charge in [-0.15, -0.1) is 0 Å². The van der Waals surface area contributed by atoms with Crippen molar-refractivity contribution in [3.05, 3.63) is 59.7 Å². The molecule has 2 N–H and O–H groups in total. The van der Waals surface area contributed by atoms with Crippen molar-refractivity contribution in [1.29, 1.82) is 0 Å². The minimum Gasteiger partial charge on any atom is -0.344 e. The zero-order valence-corrected chi connectivity index (χ0v) is 14.6. The lowest BCUT2D eigenvalue weighted by Gasteiger charge is -2.29. The fourth-order valence-corrected chi connectivity index (χ4v) is 3.03. The topological polar surface area (TPSA) is 78.5 Å². The number of carbonyl (C=O) groups is 3. The van der Waals surface area contributed by atoms with Crippen LogP contribution in [0.2, 0.25) is 0 Å². The van der Waals surface area contributed by atoms with Crippen molar-refractivity contribution in [1.82, 2.24) is 5.32 Å². The van der Waals surface area contributed by atoms with E-state index >= 15 is 0 Å². The zero-order chi connectivity index (χ0) is 18.5. The SMILES string of the molecule is CC(=O)N1CCCc2ccc(NC(=O)C(=O)NCc3ccccc3)cc21.